The second kappa shape index (κ2) is 11.9. The topological polar surface area (TPSA) is 87.5 Å². The molecule has 0 atom stereocenters. The van der Waals surface area contributed by atoms with Crippen molar-refractivity contribution >= 4 is 28.7 Å². The van der Waals surface area contributed by atoms with Crippen molar-refractivity contribution in [2.75, 3.05) is 80.7 Å². The number of nitrogens with zero attached hydrogens (tertiary/aromatic N) is 8. The molecular weight excluding hydrogens is 535 g/mol. The molecule has 3 aromatic heterocycles. The van der Waals surface area contributed by atoms with Crippen LogP contribution in [0.15, 0.2) is 55.0 Å². The van der Waals surface area contributed by atoms with E-state index >= 15 is 0 Å². The molecule has 5 heterocycles. The summed E-state index contributed by atoms with van der Waals surface area (Å²) in [5.74, 6) is 2.20. The van der Waals surface area contributed by atoms with Gasteiger partial charge in [0, 0.05) is 58.6 Å². The van der Waals surface area contributed by atoms with E-state index in [-0.39, 0.29) is 0 Å². The smallest absolute Gasteiger partial charge is 0.379 e. The van der Waals surface area contributed by atoms with Gasteiger partial charge in [-0.25, -0.2) is 9.97 Å². The number of fused-ring (bicyclic) bond motifs is 1. The zero-order valence-electron chi connectivity index (χ0n) is 22.6. The summed E-state index contributed by atoms with van der Waals surface area (Å²) in [5, 5.41) is 3.47. The summed E-state index contributed by atoms with van der Waals surface area (Å²) >= 11 is 0. The highest BCUT2D eigenvalue weighted by Crippen LogP contribution is 2.30. The van der Waals surface area contributed by atoms with Crippen LogP contribution in [0.5, 0.6) is 0 Å². The molecule has 13 heteroatoms. The van der Waals surface area contributed by atoms with Crippen LogP contribution < -0.4 is 15.1 Å². The minimum absolute atomic E-state index is 0.339. The van der Waals surface area contributed by atoms with Crippen molar-refractivity contribution < 1.29 is 17.9 Å². The molecule has 41 heavy (non-hydrogen) atoms. The largest absolute Gasteiger partial charge is 0.416 e. The molecule has 0 radical (unpaired) electrons. The van der Waals surface area contributed by atoms with Gasteiger partial charge in [-0.05, 0) is 29.8 Å². The monoisotopic (exact) mass is 567 g/mol. The number of rotatable bonds is 8. The van der Waals surface area contributed by atoms with Crippen molar-refractivity contribution in [3.63, 3.8) is 0 Å². The number of halogens is 3. The lowest BCUT2D eigenvalue weighted by molar-refractivity contribution is -0.137. The van der Waals surface area contributed by atoms with Crippen LogP contribution in [0.2, 0.25) is 0 Å². The zero-order valence-corrected chi connectivity index (χ0v) is 22.6. The normalized spacial score (nSPS) is 16.9. The maximum atomic E-state index is 13.1. The number of nitrogens with one attached hydrogen (secondary N) is 1. The number of aromatic nitrogens is 5. The second-order valence-electron chi connectivity index (χ2n) is 10.2. The molecule has 6 rings (SSSR count). The molecule has 1 N–H and O–H groups in total. The number of benzene rings is 1. The minimum Gasteiger partial charge on any atom is -0.379 e. The van der Waals surface area contributed by atoms with E-state index in [9.17, 15) is 13.2 Å². The van der Waals surface area contributed by atoms with E-state index < -0.39 is 11.7 Å². The lowest BCUT2D eigenvalue weighted by Gasteiger charge is -2.35. The van der Waals surface area contributed by atoms with Gasteiger partial charge in [0.2, 0.25) is 5.95 Å². The Kier molecular flexibility index (Phi) is 7.88. The van der Waals surface area contributed by atoms with Crippen LogP contribution in [-0.2, 0) is 17.5 Å². The van der Waals surface area contributed by atoms with E-state index in [2.05, 4.69) is 30.0 Å². The Morgan fingerprint density at radius 1 is 0.854 bits per heavy atom. The Hall–Kier alpha value is -3.97. The molecule has 2 saturated heterocycles. The Bertz CT molecular complexity index is 1430. The van der Waals surface area contributed by atoms with E-state index in [0.717, 1.165) is 82.5 Å². The number of ether oxygens (including phenoxy) is 1. The average molecular weight is 568 g/mol. The number of piperazine rings is 1. The van der Waals surface area contributed by atoms with Crippen molar-refractivity contribution in [3.05, 3.63) is 66.1 Å². The molecule has 0 aliphatic carbocycles. The van der Waals surface area contributed by atoms with Gasteiger partial charge in [0.1, 0.15) is 5.82 Å². The fourth-order valence-corrected chi connectivity index (χ4v) is 5.14. The first-order valence-electron chi connectivity index (χ1n) is 13.8. The van der Waals surface area contributed by atoms with Crippen molar-refractivity contribution in [2.45, 2.75) is 12.7 Å². The molecule has 10 nitrogen and oxygen atoms in total. The quantitative estimate of drug-likeness (QED) is 0.345. The highest BCUT2D eigenvalue weighted by Gasteiger charge is 2.30. The molecule has 216 valence electrons. The van der Waals surface area contributed by atoms with Crippen LogP contribution >= 0.6 is 0 Å². The molecule has 2 fully saturated rings. The van der Waals surface area contributed by atoms with E-state index in [4.69, 9.17) is 14.7 Å². The first-order valence-corrected chi connectivity index (χ1v) is 13.8. The maximum Gasteiger partial charge on any atom is 0.416 e. The summed E-state index contributed by atoms with van der Waals surface area (Å²) < 4.78 is 46.5. The van der Waals surface area contributed by atoms with Gasteiger partial charge in [-0.1, -0.05) is 18.2 Å². The van der Waals surface area contributed by atoms with Gasteiger partial charge in [-0.15, -0.1) is 0 Å². The predicted octanol–water partition coefficient (Wildman–Crippen LogP) is 3.36. The Morgan fingerprint density at radius 2 is 1.61 bits per heavy atom. The SMILES string of the molecule is FC(F)(F)c1ccc(Cn2cnc3c(NCCN4CCOCC4)nc(N4CCN(c5ccccn5)CC4)nc32)cc1. The third-order valence-electron chi connectivity index (χ3n) is 7.45. The number of hydrogen-bond acceptors (Lipinski definition) is 9. The highest BCUT2D eigenvalue weighted by molar-refractivity contribution is 5.84. The maximum absolute atomic E-state index is 13.1. The molecule has 2 aliphatic rings. The second-order valence-corrected chi connectivity index (χ2v) is 10.2. The van der Waals surface area contributed by atoms with Crippen LogP contribution in [0, 0.1) is 0 Å². The highest BCUT2D eigenvalue weighted by atomic mass is 19.4. The van der Waals surface area contributed by atoms with E-state index in [1.54, 1.807) is 12.5 Å². The van der Waals surface area contributed by atoms with E-state index in [0.29, 0.717) is 36.0 Å². The molecular formula is C28H32F3N9O. The fraction of sp³-hybridized carbons (Fsp3) is 0.429. The summed E-state index contributed by atoms with van der Waals surface area (Å²) in [6.07, 6.45) is -0.900. The van der Waals surface area contributed by atoms with Gasteiger partial charge in [0.05, 0.1) is 31.6 Å². The molecule has 2 aliphatic heterocycles. The third-order valence-corrected chi connectivity index (χ3v) is 7.45. The Balaban J connectivity index is 1.24. The minimum atomic E-state index is -4.37. The van der Waals surface area contributed by atoms with Gasteiger partial charge < -0.3 is 24.4 Å². The summed E-state index contributed by atoms with van der Waals surface area (Å²) in [7, 11) is 0. The van der Waals surface area contributed by atoms with Gasteiger partial charge in [0.25, 0.3) is 0 Å². The van der Waals surface area contributed by atoms with Gasteiger partial charge >= 0.3 is 6.18 Å². The standard InChI is InChI=1S/C28H32F3N9O/c29-28(30,31)22-6-4-21(5-7-22)19-40-20-34-24-25(33-9-10-37-15-17-41-18-16-37)35-27(36-26(24)40)39-13-11-38(12-14-39)23-3-1-2-8-32-23/h1-8,20H,9-19H2,(H,33,35,36). The molecule has 1 aromatic carbocycles. The molecule has 0 bridgehead atoms. The van der Waals surface area contributed by atoms with Gasteiger partial charge in [-0.2, -0.15) is 23.1 Å². The summed E-state index contributed by atoms with van der Waals surface area (Å²) in [6.45, 7) is 8.15. The molecule has 0 spiro atoms. The van der Waals surface area contributed by atoms with Crippen LogP contribution in [0.3, 0.4) is 0 Å². The third kappa shape index (κ3) is 6.35. The van der Waals surface area contributed by atoms with Crippen molar-refractivity contribution in [3.8, 4) is 0 Å². The molecule has 0 unspecified atom stereocenters. The Morgan fingerprint density at radius 3 is 2.32 bits per heavy atom. The number of hydrogen-bond donors (Lipinski definition) is 1. The van der Waals surface area contributed by atoms with Crippen molar-refractivity contribution in [1.82, 2.24) is 29.4 Å². The first kappa shape index (κ1) is 27.2. The number of anilines is 3. The molecule has 0 saturated carbocycles. The van der Waals surface area contributed by atoms with Gasteiger partial charge in [-0.3, -0.25) is 4.90 Å². The number of imidazole rings is 1. The van der Waals surface area contributed by atoms with Crippen LogP contribution in [0.25, 0.3) is 11.2 Å². The zero-order chi connectivity index (χ0) is 28.2. The number of alkyl halides is 3. The van der Waals surface area contributed by atoms with Crippen molar-refractivity contribution in [1.29, 1.82) is 0 Å². The van der Waals surface area contributed by atoms with E-state index in [1.165, 1.54) is 12.1 Å². The summed E-state index contributed by atoms with van der Waals surface area (Å²) in [6, 6.07) is 11.1. The number of morpholine rings is 1. The lowest BCUT2D eigenvalue weighted by atomic mass is 10.1. The van der Waals surface area contributed by atoms with Crippen LogP contribution in [0.4, 0.5) is 30.8 Å². The predicted molar refractivity (Wildman–Crippen MR) is 150 cm³/mol. The first-order chi connectivity index (χ1) is 19.9. The van der Waals surface area contributed by atoms with E-state index in [1.807, 2.05) is 22.8 Å². The van der Waals surface area contributed by atoms with Crippen molar-refractivity contribution in [2.24, 2.45) is 0 Å². The summed E-state index contributed by atoms with van der Waals surface area (Å²) in [5.41, 5.74) is 1.33. The molecule has 0 amide bonds. The van der Waals surface area contributed by atoms with Crippen LogP contribution in [-0.4, -0.2) is 95.0 Å². The lowest BCUT2D eigenvalue weighted by Crippen LogP contribution is -2.47. The Labute approximate surface area is 235 Å². The average Bonchev–Trinajstić information content (AvgIpc) is 3.40. The van der Waals surface area contributed by atoms with Crippen LogP contribution in [0.1, 0.15) is 11.1 Å². The molecule has 4 aromatic rings. The fourth-order valence-electron chi connectivity index (χ4n) is 5.14. The number of pyridine rings is 1. The summed E-state index contributed by atoms with van der Waals surface area (Å²) in [4.78, 5) is 25.6. The van der Waals surface area contributed by atoms with Gasteiger partial charge in [0.15, 0.2) is 17.0 Å².